The maximum Gasteiger partial charge on any atom is 0.101 e. The second-order valence-electron chi connectivity index (χ2n) is 2.91. The minimum absolute atomic E-state index is 0.167. The molecule has 4 heteroatoms. The van der Waals surface area contributed by atoms with E-state index in [9.17, 15) is 0 Å². The largest absolute Gasteiger partial charge is 0.322 e. The predicted molar refractivity (Wildman–Crippen MR) is 54.2 cm³/mol. The van der Waals surface area contributed by atoms with Gasteiger partial charge in [0, 0.05) is 12.4 Å². The summed E-state index contributed by atoms with van der Waals surface area (Å²) < 4.78 is 1.99. The average molecular weight is 195 g/mol. The van der Waals surface area contributed by atoms with Gasteiger partial charge in [0.1, 0.15) is 4.87 Å². The fourth-order valence-electron chi connectivity index (χ4n) is 1.21. The van der Waals surface area contributed by atoms with E-state index in [0.29, 0.717) is 6.42 Å². The van der Waals surface area contributed by atoms with Crippen LogP contribution < -0.4 is 0 Å². The van der Waals surface area contributed by atoms with Crippen molar-refractivity contribution in [2.45, 2.75) is 25.1 Å². The molecule has 0 amide bonds. The number of hydrogen-bond acceptors (Lipinski definition) is 3. The maximum atomic E-state index is 8.73. The Morgan fingerprint density at radius 1 is 1.69 bits per heavy atom. The van der Waals surface area contributed by atoms with Gasteiger partial charge in [-0.25, -0.2) is 4.98 Å². The Hall–Kier alpha value is -0.950. The second kappa shape index (κ2) is 4.33. The van der Waals surface area contributed by atoms with Crippen molar-refractivity contribution in [2.75, 3.05) is 5.75 Å². The Kier molecular flexibility index (Phi) is 3.38. The molecule has 0 fully saturated rings. The molecule has 1 heterocycles. The summed E-state index contributed by atoms with van der Waals surface area (Å²) in [4.78, 5) is 3.83. The van der Waals surface area contributed by atoms with E-state index in [-0.39, 0.29) is 4.87 Å². The third-order valence-corrected chi connectivity index (χ3v) is 3.18. The molecular formula is C9H13N3S. The van der Waals surface area contributed by atoms with Crippen LogP contribution in [-0.4, -0.2) is 15.3 Å². The zero-order valence-corrected chi connectivity index (χ0v) is 8.71. The van der Waals surface area contributed by atoms with E-state index >= 15 is 0 Å². The van der Waals surface area contributed by atoms with Gasteiger partial charge in [-0.05, 0) is 12.7 Å². The normalized spacial score (nSPS) is 14.8. The molecule has 0 bridgehead atoms. The van der Waals surface area contributed by atoms with Crippen molar-refractivity contribution in [2.24, 2.45) is 0 Å². The van der Waals surface area contributed by atoms with E-state index in [4.69, 9.17) is 5.26 Å². The van der Waals surface area contributed by atoms with Crippen LogP contribution in [0.4, 0.5) is 0 Å². The summed E-state index contributed by atoms with van der Waals surface area (Å²) in [5.74, 6) is 0.996. The Labute approximate surface area is 82.8 Å². The molecule has 0 N–H and O–H groups in total. The number of hydrogen-bond donors (Lipinski definition) is 0. The fraction of sp³-hybridized carbons (Fsp3) is 0.556. The second-order valence-corrected chi connectivity index (χ2v) is 4.66. The van der Waals surface area contributed by atoms with Gasteiger partial charge in [-0.2, -0.15) is 5.26 Å². The lowest BCUT2D eigenvalue weighted by Crippen LogP contribution is -2.24. The average Bonchev–Trinajstić information content (AvgIpc) is 2.57. The molecule has 0 aliphatic carbocycles. The Morgan fingerprint density at radius 2 is 2.46 bits per heavy atom. The molecule has 1 aromatic rings. The van der Waals surface area contributed by atoms with Crippen LogP contribution in [0, 0.1) is 11.3 Å². The Bertz CT molecular complexity index is 288. The first kappa shape index (κ1) is 10.1. The zero-order valence-electron chi connectivity index (χ0n) is 7.90. The van der Waals surface area contributed by atoms with Crippen LogP contribution in [0.2, 0.25) is 0 Å². The van der Waals surface area contributed by atoms with E-state index in [0.717, 1.165) is 5.75 Å². The van der Waals surface area contributed by atoms with Crippen molar-refractivity contribution in [1.82, 2.24) is 9.55 Å². The molecule has 0 radical (unpaired) electrons. The quantitative estimate of drug-likeness (QED) is 0.739. The molecule has 0 saturated carbocycles. The maximum absolute atomic E-state index is 8.73. The first-order valence-corrected chi connectivity index (χ1v) is 5.21. The van der Waals surface area contributed by atoms with Crippen LogP contribution in [0.15, 0.2) is 18.7 Å². The lowest BCUT2D eigenvalue weighted by Gasteiger charge is -2.27. The van der Waals surface area contributed by atoms with Gasteiger partial charge in [0.2, 0.25) is 0 Å². The van der Waals surface area contributed by atoms with Gasteiger partial charge in [-0.15, -0.1) is 11.8 Å². The lowest BCUT2D eigenvalue weighted by atomic mass is 10.2. The number of thioether (sulfide) groups is 1. The molecule has 0 aromatic carbocycles. The van der Waals surface area contributed by atoms with Crippen molar-refractivity contribution in [3.05, 3.63) is 18.7 Å². The number of nitriles is 1. The monoisotopic (exact) mass is 195 g/mol. The van der Waals surface area contributed by atoms with Gasteiger partial charge in [0.25, 0.3) is 0 Å². The molecule has 0 aliphatic rings. The van der Waals surface area contributed by atoms with Crippen LogP contribution in [0.5, 0.6) is 0 Å². The molecule has 3 nitrogen and oxygen atoms in total. The van der Waals surface area contributed by atoms with Crippen LogP contribution in [-0.2, 0) is 4.87 Å². The molecule has 1 aromatic heterocycles. The van der Waals surface area contributed by atoms with Gasteiger partial charge < -0.3 is 4.57 Å². The highest BCUT2D eigenvalue weighted by Crippen LogP contribution is 2.33. The summed E-state index contributed by atoms with van der Waals surface area (Å²) >= 11 is 1.76. The Balaban J connectivity index is 2.85. The van der Waals surface area contributed by atoms with E-state index < -0.39 is 0 Å². The minimum atomic E-state index is -0.167. The highest BCUT2D eigenvalue weighted by atomic mass is 32.2. The van der Waals surface area contributed by atoms with Gasteiger partial charge in [0.05, 0.1) is 18.8 Å². The van der Waals surface area contributed by atoms with Gasteiger partial charge in [-0.3, -0.25) is 0 Å². The van der Waals surface area contributed by atoms with Crippen molar-refractivity contribution in [3.8, 4) is 6.07 Å². The van der Waals surface area contributed by atoms with Crippen LogP contribution in [0.25, 0.3) is 0 Å². The smallest absolute Gasteiger partial charge is 0.101 e. The molecule has 0 aliphatic heterocycles. The molecule has 1 atom stereocenters. The van der Waals surface area contributed by atoms with E-state index in [1.165, 1.54) is 0 Å². The van der Waals surface area contributed by atoms with E-state index in [1.807, 2.05) is 10.8 Å². The van der Waals surface area contributed by atoms with Crippen LogP contribution in [0.1, 0.15) is 20.3 Å². The number of rotatable bonds is 4. The number of nitrogens with zero attached hydrogens (tertiary/aromatic N) is 3. The summed E-state index contributed by atoms with van der Waals surface area (Å²) in [6.07, 6.45) is 5.91. The SMILES string of the molecule is CCSC(C)(CC#N)n1ccnc1. The Morgan fingerprint density at radius 3 is 2.92 bits per heavy atom. The van der Waals surface area contributed by atoms with Crippen molar-refractivity contribution >= 4 is 11.8 Å². The van der Waals surface area contributed by atoms with Crippen molar-refractivity contribution in [3.63, 3.8) is 0 Å². The summed E-state index contributed by atoms with van der Waals surface area (Å²) in [6, 6.07) is 2.21. The van der Waals surface area contributed by atoms with Gasteiger partial charge in [-0.1, -0.05) is 6.92 Å². The summed E-state index contributed by atoms with van der Waals surface area (Å²) in [7, 11) is 0. The van der Waals surface area contributed by atoms with Crippen molar-refractivity contribution < 1.29 is 0 Å². The molecular weight excluding hydrogens is 182 g/mol. The van der Waals surface area contributed by atoms with Crippen LogP contribution in [0.3, 0.4) is 0 Å². The molecule has 1 rings (SSSR count). The molecule has 0 saturated heterocycles. The van der Waals surface area contributed by atoms with Gasteiger partial charge in [0.15, 0.2) is 0 Å². The molecule has 0 spiro atoms. The topological polar surface area (TPSA) is 41.6 Å². The lowest BCUT2D eigenvalue weighted by molar-refractivity contribution is 0.497. The molecule has 70 valence electrons. The first-order chi connectivity index (χ1) is 6.23. The number of aromatic nitrogens is 2. The summed E-state index contributed by atoms with van der Waals surface area (Å²) in [5.41, 5.74) is 0. The summed E-state index contributed by atoms with van der Waals surface area (Å²) in [6.45, 7) is 4.16. The first-order valence-electron chi connectivity index (χ1n) is 4.22. The summed E-state index contributed by atoms with van der Waals surface area (Å²) in [5, 5.41) is 8.73. The fourth-order valence-corrected chi connectivity index (χ4v) is 2.26. The minimum Gasteiger partial charge on any atom is -0.322 e. The predicted octanol–water partition coefficient (Wildman–Crippen LogP) is 2.22. The molecule has 1 unspecified atom stereocenters. The number of imidazole rings is 1. The third kappa shape index (κ3) is 2.25. The molecule has 13 heavy (non-hydrogen) atoms. The standard InChI is InChI=1S/C9H13N3S/c1-3-13-9(2,4-5-10)12-7-6-11-8-12/h6-8H,3-4H2,1-2H3. The van der Waals surface area contributed by atoms with Gasteiger partial charge >= 0.3 is 0 Å². The van der Waals surface area contributed by atoms with Crippen LogP contribution >= 0.6 is 11.8 Å². The van der Waals surface area contributed by atoms with E-state index in [1.54, 1.807) is 24.3 Å². The zero-order chi connectivity index (χ0) is 9.73. The highest BCUT2D eigenvalue weighted by molar-refractivity contribution is 7.99. The third-order valence-electron chi connectivity index (χ3n) is 1.91. The van der Waals surface area contributed by atoms with Crippen molar-refractivity contribution in [1.29, 1.82) is 5.26 Å². The highest BCUT2D eigenvalue weighted by Gasteiger charge is 2.25. The van der Waals surface area contributed by atoms with E-state index in [2.05, 4.69) is 24.9 Å².